The van der Waals surface area contributed by atoms with Crippen LogP contribution in [0.4, 0.5) is 0 Å². The van der Waals surface area contributed by atoms with Crippen molar-refractivity contribution in [3.05, 3.63) is 35.9 Å². The molecule has 0 aliphatic rings. The molecule has 6 heteroatoms. The van der Waals surface area contributed by atoms with Gasteiger partial charge in [0.05, 0.1) is 19.7 Å². The molecule has 6 nitrogen and oxygen atoms in total. The lowest BCUT2D eigenvalue weighted by Gasteiger charge is -2.14. The number of guanidine groups is 1. The Balaban J connectivity index is 2.56. The van der Waals surface area contributed by atoms with Crippen LogP contribution >= 0.6 is 0 Å². The van der Waals surface area contributed by atoms with Crippen molar-refractivity contribution in [2.45, 2.75) is 6.54 Å². The van der Waals surface area contributed by atoms with Gasteiger partial charge < -0.3 is 20.3 Å². The Bertz CT molecular complexity index is 446. The van der Waals surface area contributed by atoms with Crippen LogP contribution in [-0.2, 0) is 16.1 Å². The average molecular weight is 292 g/mol. The van der Waals surface area contributed by atoms with Crippen LogP contribution in [0.2, 0.25) is 0 Å². The Morgan fingerprint density at radius 2 is 1.95 bits per heavy atom. The molecule has 1 aromatic rings. The van der Waals surface area contributed by atoms with E-state index >= 15 is 0 Å². The van der Waals surface area contributed by atoms with E-state index in [1.165, 1.54) is 4.90 Å². The van der Waals surface area contributed by atoms with Crippen molar-refractivity contribution in [1.29, 1.82) is 0 Å². The van der Waals surface area contributed by atoms with E-state index in [4.69, 9.17) is 4.74 Å². The smallest absolute Gasteiger partial charge is 0.241 e. The number of benzene rings is 1. The Kier molecular flexibility index (Phi) is 7.89. The molecule has 0 unspecified atom stereocenters. The number of methoxy groups -OCH3 is 1. The summed E-state index contributed by atoms with van der Waals surface area (Å²) in [6.45, 7) is 1.97. The lowest BCUT2D eigenvalue weighted by molar-refractivity contribution is -0.127. The van der Waals surface area contributed by atoms with Crippen molar-refractivity contribution < 1.29 is 9.53 Å². The third-order valence-corrected chi connectivity index (χ3v) is 2.77. The molecule has 0 radical (unpaired) electrons. The zero-order chi connectivity index (χ0) is 15.5. The number of likely N-dealkylation sites (N-methyl/N-ethyl adjacent to an activating group) is 1. The second-order valence-corrected chi connectivity index (χ2v) is 4.71. The van der Waals surface area contributed by atoms with Crippen LogP contribution in [0.15, 0.2) is 35.3 Å². The molecule has 2 N–H and O–H groups in total. The largest absolute Gasteiger partial charge is 0.383 e. The fraction of sp³-hybridized carbons (Fsp3) is 0.467. The van der Waals surface area contributed by atoms with E-state index in [9.17, 15) is 4.79 Å². The van der Waals surface area contributed by atoms with Gasteiger partial charge in [-0.2, -0.15) is 0 Å². The summed E-state index contributed by atoms with van der Waals surface area (Å²) in [7, 11) is 5.10. The van der Waals surface area contributed by atoms with E-state index in [2.05, 4.69) is 15.6 Å². The van der Waals surface area contributed by atoms with Gasteiger partial charge in [-0.05, 0) is 5.56 Å². The fourth-order valence-corrected chi connectivity index (χ4v) is 1.52. The third kappa shape index (κ3) is 7.31. The minimum atomic E-state index is -0.00375. The average Bonchev–Trinajstić information content (AvgIpc) is 2.50. The summed E-state index contributed by atoms with van der Waals surface area (Å²) in [5, 5.41) is 6.15. The van der Waals surface area contributed by atoms with Crippen molar-refractivity contribution in [3.63, 3.8) is 0 Å². The Morgan fingerprint density at radius 1 is 1.24 bits per heavy atom. The number of rotatable bonds is 7. The van der Waals surface area contributed by atoms with Gasteiger partial charge in [0.1, 0.15) is 0 Å². The van der Waals surface area contributed by atoms with Crippen molar-refractivity contribution in [2.24, 2.45) is 4.99 Å². The highest BCUT2D eigenvalue weighted by molar-refractivity contribution is 5.86. The Morgan fingerprint density at radius 3 is 2.57 bits per heavy atom. The van der Waals surface area contributed by atoms with E-state index < -0.39 is 0 Å². The molecule has 0 heterocycles. The normalized spacial score (nSPS) is 11.1. The molecule has 0 aliphatic heterocycles. The van der Waals surface area contributed by atoms with Gasteiger partial charge >= 0.3 is 0 Å². The summed E-state index contributed by atoms with van der Waals surface area (Å²) in [5.74, 6) is 0.599. The van der Waals surface area contributed by atoms with Crippen LogP contribution in [0.1, 0.15) is 5.56 Å². The van der Waals surface area contributed by atoms with Gasteiger partial charge in [-0.15, -0.1) is 0 Å². The van der Waals surface area contributed by atoms with Crippen molar-refractivity contribution in [2.75, 3.05) is 40.9 Å². The highest BCUT2D eigenvalue weighted by Gasteiger charge is 2.05. The molecule has 1 aromatic carbocycles. The molecule has 0 fully saturated rings. The van der Waals surface area contributed by atoms with E-state index in [1.54, 1.807) is 21.2 Å². The van der Waals surface area contributed by atoms with E-state index in [0.717, 1.165) is 5.56 Å². The van der Waals surface area contributed by atoms with Crippen LogP contribution in [0.25, 0.3) is 0 Å². The van der Waals surface area contributed by atoms with Crippen LogP contribution in [0.3, 0.4) is 0 Å². The van der Waals surface area contributed by atoms with Gasteiger partial charge in [-0.1, -0.05) is 30.3 Å². The summed E-state index contributed by atoms with van der Waals surface area (Å²) in [6, 6.07) is 9.96. The van der Waals surface area contributed by atoms with Crippen molar-refractivity contribution in [3.8, 4) is 0 Å². The first-order valence-corrected chi connectivity index (χ1v) is 6.88. The van der Waals surface area contributed by atoms with Crippen LogP contribution in [-0.4, -0.2) is 57.7 Å². The van der Waals surface area contributed by atoms with Crippen LogP contribution in [0, 0.1) is 0 Å². The number of aliphatic imine (C=N–C) groups is 1. The minimum Gasteiger partial charge on any atom is -0.383 e. The molecular weight excluding hydrogens is 268 g/mol. The number of ether oxygens (including phenoxy) is 1. The number of hydrogen-bond acceptors (Lipinski definition) is 3. The van der Waals surface area contributed by atoms with E-state index in [-0.39, 0.29) is 12.5 Å². The molecule has 0 aliphatic carbocycles. The number of hydrogen-bond donors (Lipinski definition) is 2. The van der Waals surface area contributed by atoms with Crippen molar-refractivity contribution >= 4 is 11.9 Å². The molecule has 1 rings (SSSR count). The quantitative estimate of drug-likeness (QED) is 0.435. The molecular formula is C15H24N4O2. The monoisotopic (exact) mass is 292 g/mol. The first kappa shape index (κ1) is 17.0. The fourth-order valence-electron chi connectivity index (χ4n) is 1.52. The predicted octanol–water partition coefficient (Wildman–Crippen LogP) is 0.456. The SMILES string of the molecule is COCCNC(=NCc1ccccc1)NCC(=O)N(C)C. The minimum absolute atomic E-state index is 0.00375. The summed E-state index contributed by atoms with van der Waals surface area (Å²) >= 11 is 0. The lowest BCUT2D eigenvalue weighted by Crippen LogP contribution is -2.43. The van der Waals surface area contributed by atoms with E-state index in [0.29, 0.717) is 25.7 Å². The van der Waals surface area contributed by atoms with Gasteiger partial charge in [0, 0.05) is 27.7 Å². The zero-order valence-corrected chi connectivity index (χ0v) is 12.9. The number of amides is 1. The topological polar surface area (TPSA) is 66.0 Å². The first-order valence-electron chi connectivity index (χ1n) is 6.88. The maximum atomic E-state index is 11.6. The predicted molar refractivity (Wildman–Crippen MR) is 84.2 cm³/mol. The van der Waals surface area contributed by atoms with Crippen LogP contribution < -0.4 is 10.6 Å². The summed E-state index contributed by atoms with van der Waals surface area (Å²) < 4.78 is 5.00. The van der Waals surface area contributed by atoms with E-state index in [1.807, 2.05) is 30.3 Å². The maximum absolute atomic E-state index is 11.6. The number of nitrogens with one attached hydrogen (secondary N) is 2. The maximum Gasteiger partial charge on any atom is 0.241 e. The molecule has 0 saturated heterocycles. The summed E-state index contributed by atoms with van der Waals surface area (Å²) in [4.78, 5) is 17.6. The summed E-state index contributed by atoms with van der Waals surface area (Å²) in [6.07, 6.45) is 0. The highest BCUT2D eigenvalue weighted by atomic mass is 16.5. The van der Waals surface area contributed by atoms with Gasteiger partial charge in [0.15, 0.2) is 5.96 Å². The van der Waals surface area contributed by atoms with Crippen LogP contribution in [0.5, 0.6) is 0 Å². The molecule has 0 aromatic heterocycles. The number of nitrogens with zero attached hydrogens (tertiary/aromatic N) is 2. The second-order valence-electron chi connectivity index (χ2n) is 4.71. The van der Waals surface area contributed by atoms with Gasteiger partial charge in [0.25, 0.3) is 0 Å². The Labute approximate surface area is 126 Å². The number of carbonyl (C=O) groups excluding carboxylic acids is 1. The third-order valence-electron chi connectivity index (χ3n) is 2.77. The highest BCUT2D eigenvalue weighted by Crippen LogP contribution is 1.99. The van der Waals surface area contributed by atoms with Gasteiger partial charge in [-0.25, -0.2) is 4.99 Å². The molecule has 1 amide bonds. The zero-order valence-electron chi connectivity index (χ0n) is 12.9. The molecule has 21 heavy (non-hydrogen) atoms. The Hall–Kier alpha value is -2.08. The number of carbonyl (C=O) groups is 1. The lowest BCUT2D eigenvalue weighted by atomic mass is 10.2. The molecule has 116 valence electrons. The standard InChI is InChI=1S/C15H24N4O2/c1-19(2)14(20)12-18-15(16-9-10-21-3)17-11-13-7-5-4-6-8-13/h4-8H,9-12H2,1-3H3,(H2,16,17,18). The molecule has 0 bridgehead atoms. The van der Waals surface area contributed by atoms with Gasteiger partial charge in [0.2, 0.25) is 5.91 Å². The second kappa shape index (κ2) is 9.77. The molecule has 0 spiro atoms. The van der Waals surface area contributed by atoms with Crippen molar-refractivity contribution in [1.82, 2.24) is 15.5 Å². The molecule has 0 atom stereocenters. The molecule has 0 saturated carbocycles. The first-order chi connectivity index (χ1) is 10.1. The van der Waals surface area contributed by atoms with Gasteiger partial charge in [-0.3, -0.25) is 4.79 Å². The summed E-state index contributed by atoms with van der Waals surface area (Å²) in [5.41, 5.74) is 1.12.